The van der Waals surface area contributed by atoms with Crippen LogP contribution in [0.1, 0.15) is 53.3 Å². The summed E-state index contributed by atoms with van der Waals surface area (Å²) in [6.07, 6.45) is -8.48. The maximum absolute atomic E-state index is 13.4. The largest absolute Gasteiger partial charge is 0.507 e. The number of aliphatic hydroxyl groups excluding tert-OH is 4. The maximum Gasteiger partial charge on any atom is 0.339 e. The van der Waals surface area contributed by atoms with Gasteiger partial charge in [0.05, 0.1) is 17.7 Å². The Hall–Kier alpha value is -3.79. The molecular weight excluding hydrogens is 488 g/mol. The number of carbonyl (C=O) groups excluding carboxylic acids is 2. The molecule has 36 heavy (non-hydrogen) atoms. The fourth-order valence-corrected chi connectivity index (χ4v) is 4.65. The Bertz CT molecular complexity index is 1350. The van der Waals surface area contributed by atoms with Crippen LogP contribution >= 0.6 is 0 Å². The Balaban J connectivity index is 2.04. The minimum atomic E-state index is -3.34. The highest BCUT2D eigenvalue weighted by molar-refractivity contribution is 6.31. The number of aliphatic hydroxyl groups is 5. The molecule has 14 nitrogen and oxygen atoms in total. The molecule has 0 saturated carbocycles. The van der Waals surface area contributed by atoms with Gasteiger partial charge in [0.1, 0.15) is 47.0 Å². The lowest BCUT2D eigenvalue weighted by molar-refractivity contribution is -0.358. The number of carboxylic acids is 1. The second-order valence-corrected chi connectivity index (χ2v) is 8.41. The van der Waals surface area contributed by atoms with Crippen LogP contribution < -0.4 is 0 Å². The van der Waals surface area contributed by atoms with Crippen molar-refractivity contribution < 1.29 is 70.2 Å². The number of phenolic OH excluding ortho intramolecular Hbond substituents is 3. The predicted molar refractivity (Wildman–Crippen MR) is 112 cm³/mol. The molecule has 192 valence electrons. The van der Waals surface area contributed by atoms with Gasteiger partial charge in [-0.15, -0.1) is 0 Å². The first-order chi connectivity index (χ1) is 16.7. The van der Waals surface area contributed by atoms with Crippen LogP contribution in [0.25, 0.3) is 0 Å². The molecule has 14 heteroatoms. The van der Waals surface area contributed by atoms with Crippen LogP contribution in [0.15, 0.2) is 6.07 Å². The first-order valence-electron chi connectivity index (χ1n) is 10.3. The fourth-order valence-electron chi connectivity index (χ4n) is 4.65. The number of fused-ring (bicyclic) bond motifs is 2. The standard InChI is InChI=1S/C22H20O14/c1-4-8-5(2-6(24)9(4)21(33)34)13(25)10-11(15(8)27)16(28)12(18(30)17(10)29)22(35)20(32)19(31)14(26)7(3-23)36-22/h2,7,14,19-20,23-24,26,28-32,35H,3H2,1H3,(H,33,34)/t7-,14-,19+,20-,22-/m1/s1. The van der Waals surface area contributed by atoms with Gasteiger partial charge >= 0.3 is 5.97 Å². The van der Waals surface area contributed by atoms with Crippen LogP contribution in [0.2, 0.25) is 0 Å². The van der Waals surface area contributed by atoms with E-state index in [0.717, 1.165) is 6.92 Å². The molecule has 1 fully saturated rings. The lowest BCUT2D eigenvalue weighted by Crippen LogP contribution is -2.63. The number of hydrogen-bond acceptors (Lipinski definition) is 13. The maximum atomic E-state index is 13.4. The van der Waals surface area contributed by atoms with Gasteiger partial charge in [0.25, 0.3) is 0 Å². The predicted octanol–water partition coefficient (Wildman–Crippen LogP) is -2.09. The summed E-state index contributed by atoms with van der Waals surface area (Å²) < 4.78 is 5.04. The van der Waals surface area contributed by atoms with Crippen LogP contribution in [0, 0.1) is 6.92 Å². The van der Waals surface area contributed by atoms with E-state index >= 15 is 0 Å². The molecule has 0 bridgehead atoms. The summed E-state index contributed by atoms with van der Waals surface area (Å²) in [5, 5.41) is 103. The zero-order valence-corrected chi connectivity index (χ0v) is 18.2. The van der Waals surface area contributed by atoms with E-state index in [0.29, 0.717) is 6.07 Å². The highest BCUT2D eigenvalue weighted by Crippen LogP contribution is 2.53. The van der Waals surface area contributed by atoms with E-state index in [-0.39, 0.29) is 5.56 Å². The normalized spacial score (nSPS) is 27.5. The second kappa shape index (κ2) is 8.12. The van der Waals surface area contributed by atoms with Crippen molar-refractivity contribution in [2.24, 2.45) is 0 Å². The molecule has 10 N–H and O–H groups in total. The Morgan fingerprint density at radius 3 is 2.08 bits per heavy atom. The summed E-state index contributed by atoms with van der Waals surface area (Å²) in [5.41, 5.74) is -5.50. The number of hydrogen-bond donors (Lipinski definition) is 10. The lowest BCUT2D eigenvalue weighted by atomic mass is 9.77. The summed E-state index contributed by atoms with van der Waals surface area (Å²) in [4.78, 5) is 38.1. The Morgan fingerprint density at radius 1 is 0.944 bits per heavy atom. The third-order valence-corrected chi connectivity index (χ3v) is 6.44. The quantitative estimate of drug-likeness (QED) is 0.134. The SMILES string of the molecule is Cc1c(C(=O)O)c(O)cc2c1C(=O)c1c(O)c([C@@]3(O)O[C@H](CO)[C@@H](O)[C@H](O)[C@H]3O)c(O)c(O)c1C2=O. The second-order valence-electron chi connectivity index (χ2n) is 8.41. The van der Waals surface area contributed by atoms with E-state index in [9.17, 15) is 65.4 Å². The molecule has 1 heterocycles. The number of ketones is 2. The topological polar surface area (TPSA) is 263 Å². The molecule has 1 aliphatic carbocycles. The van der Waals surface area contributed by atoms with Crippen LogP contribution in [0.3, 0.4) is 0 Å². The van der Waals surface area contributed by atoms with E-state index in [4.69, 9.17) is 4.74 Å². The average molecular weight is 508 g/mol. The van der Waals surface area contributed by atoms with E-state index in [1.54, 1.807) is 0 Å². The van der Waals surface area contributed by atoms with Crippen molar-refractivity contribution in [3.8, 4) is 23.0 Å². The van der Waals surface area contributed by atoms with Gasteiger partial charge in [-0.1, -0.05) is 0 Å². The van der Waals surface area contributed by atoms with Gasteiger partial charge in [0, 0.05) is 11.1 Å². The first kappa shape index (κ1) is 25.3. The van der Waals surface area contributed by atoms with Crippen LogP contribution in [0.5, 0.6) is 23.0 Å². The zero-order valence-electron chi connectivity index (χ0n) is 18.2. The van der Waals surface area contributed by atoms with Crippen molar-refractivity contribution in [3.05, 3.63) is 45.0 Å². The van der Waals surface area contributed by atoms with E-state index in [2.05, 4.69) is 0 Å². The highest BCUT2D eigenvalue weighted by atomic mass is 16.7. The molecule has 5 atom stereocenters. The number of benzene rings is 2. The molecule has 0 spiro atoms. The van der Waals surface area contributed by atoms with Crippen LogP contribution in [-0.2, 0) is 10.5 Å². The van der Waals surface area contributed by atoms with Gasteiger partial charge in [-0.05, 0) is 18.6 Å². The number of phenols is 4. The average Bonchev–Trinajstić information content (AvgIpc) is 2.80. The first-order valence-corrected chi connectivity index (χ1v) is 10.3. The zero-order chi connectivity index (χ0) is 27.0. The Labute approximate surface area is 200 Å². The molecule has 0 radical (unpaired) electrons. The fraction of sp³-hybridized carbons (Fsp3) is 0.318. The number of rotatable bonds is 3. The summed E-state index contributed by atoms with van der Waals surface area (Å²) in [7, 11) is 0. The molecule has 0 unspecified atom stereocenters. The van der Waals surface area contributed by atoms with Gasteiger partial charge in [-0.3, -0.25) is 9.59 Å². The third-order valence-electron chi connectivity index (χ3n) is 6.44. The van der Waals surface area contributed by atoms with E-state index < -0.39 is 111 Å². The Kier molecular flexibility index (Phi) is 5.71. The number of carbonyl (C=O) groups is 3. The summed E-state index contributed by atoms with van der Waals surface area (Å²) >= 11 is 0. The van der Waals surface area contributed by atoms with Crippen molar-refractivity contribution in [3.63, 3.8) is 0 Å². The van der Waals surface area contributed by atoms with Gasteiger partial charge in [0.15, 0.2) is 23.1 Å². The molecule has 2 aromatic carbocycles. The summed E-state index contributed by atoms with van der Waals surface area (Å²) in [6, 6.07) is 0.668. The third kappa shape index (κ3) is 3.10. The molecule has 0 amide bonds. The summed E-state index contributed by atoms with van der Waals surface area (Å²) in [5.74, 6) is -12.6. The van der Waals surface area contributed by atoms with Crippen molar-refractivity contribution in [1.82, 2.24) is 0 Å². The molecular formula is C22H20O14. The van der Waals surface area contributed by atoms with Crippen molar-refractivity contribution in [2.45, 2.75) is 37.1 Å². The number of carboxylic acid groups (broad SMARTS) is 1. The minimum absolute atomic E-state index is 0.374. The number of aromatic hydroxyl groups is 4. The van der Waals surface area contributed by atoms with Crippen molar-refractivity contribution in [1.29, 1.82) is 0 Å². The molecule has 4 rings (SSSR count). The van der Waals surface area contributed by atoms with E-state index in [1.165, 1.54) is 0 Å². The molecule has 2 aliphatic rings. The lowest BCUT2D eigenvalue weighted by Gasteiger charge is -2.45. The van der Waals surface area contributed by atoms with Gasteiger partial charge in [-0.25, -0.2) is 4.79 Å². The van der Waals surface area contributed by atoms with Gasteiger partial charge < -0.3 is 55.8 Å². The van der Waals surface area contributed by atoms with E-state index in [1.807, 2.05) is 0 Å². The molecule has 1 saturated heterocycles. The number of ether oxygens (including phenoxy) is 1. The Morgan fingerprint density at radius 2 is 1.53 bits per heavy atom. The molecule has 1 aliphatic heterocycles. The van der Waals surface area contributed by atoms with Crippen LogP contribution in [-0.4, -0.2) is 99.6 Å². The van der Waals surface area contributed by atoms with Gasteiger partial charge in [0.2, 0.25) is 5.79 Å². The molecule has 2 aromatic rings. The molecule has 0 aromatic heterocycles. The minimum Gasteiger partial charge on any atom is -0.507 e. The number of aromatic carboxylic acids is 1. The smallest absolute Gasteiger partial charge is 0.339 e. The van der Waals surface area contributed by atoms with Gasteiger partial charge in [-0.2, -0.15) is 0 Å². The monoisotopic (exact) mass is 508 g/mol. The van der Waals surface area contributed by atoms with Crippen molar-refractivity contribution in [2.75, 3.05) is 6.61 Å². The highest BCUT2D eigenvalue weighted by Gasteiger charge is 2.57. The van der Waals surface area contributed by atoms with Crippen molar-refractivity contribution >= 4 is 17.5 Å². The van der Waals surface area contributed by atoms with Crippen LogP contribution in [0.4, 0.5) is 0 Å². The summed E-state index contributed by atoms with van der Waals surface area (Å²) in [6.45, 7) is 0.0681.